The number of urea groups is 1. The van der Waals surface area contributed by atoms with Crippen LogP contribution in [0.15, 0.2) is 48.5 Å². The van der Waals surface area contributed by atoms with E-state index in [4.69, 9.17) is 0 Å². The van der Waals surface area contributed by atoms with Gasteiger partial charge < -0.3 is 15.3 Å². The van der Waals surface area contributed by atoms with Crippen LogP contribution < -0.4 is 5.32 Å². The number of amides is 2. The van der Waals surface area contributed by atoms with Crippen molar-refractivity contribution in [2.75, 3.05) is 26.2 Å². The average Bonchev–Trinajstić information content (AvgIpc) is 2.78. The Labute approximate surface area is 195 Å². The van der Waals surface area contributed by atoms with Crippen LogP contribution in [0.1, 0.15) is 49.3 Å². The van der Waals surface area contributed by atoms with Crippen LogP contribution in [0.4, 0.5) is 9.18 Å². The maximum absolute atomic E-state index is 13.8. The summed E-state index contributed by atoms with van der Waals surface area (Å²) in [4.78, 5) is 17.0. The Morgan fingerprint density at radius 2 is 1.85 bits per heavy atom. The van der Waals surface area contributed by atoms with Crippen LogP contribution >= 0.6 is 0 Å². The predicted molar refractivity (Wildman–Crippen MR) is 127 cm³/mol. The molecule has 4 rings (SSSR count). The molecule has 6 heteroatoms. The van der Waals surface area contributed by atoms with E-state index in [1.165, 1.54) is 6.07 Å². The molecule has 2 fully saturated rings. The third-order valence-electron chi connectivity index (χ3n) is 6.58. The monoisotopic (exact) mass is 449 g/mol. The molecule has 2 aromatic carbocycles. The Bertz CT molecular complexity index is 1030. The van der Waals surface area contributed by atoms with Crippen molar-refractivity contribution in [3.05, 3.63) is 71.0 Å². The molecule has 0 spiro atoms. The van der Waals surface area contributed by atoms with Crippen LogP contribution in [-0.4, -0.2) is 65.3 Å². The van der Waals surface area contributed by atoms with Gasteiger partial charge in [-0.05, 0) is 63.1 Å². The summed E-state index contributed by atoms with van der Waals surface area (Å²) in [5, 5.41) is 13.1. The third-order valence-corrected chi connectivity index (χ3v) is 6.58. The summed E-state index contributed by atoms with van der Waals surface area (Å²) < 4.78 is 13.8. The molecule has 2 N–H and O–H groups in total. The van der Waals surface area contributed by atoms with Crippen molar-refractivity contribution in [3.63, 3.8) is 0 Å². The highest BCUT2D eigenvalue weighted by Crippen LogP contribution is 2.41. The van der Waals surface area contributed by atoms with E-state index < -0.39 is 0 Å². The standard InChI is InChI=1S/C27H32FN3O2/c1-19(2)29-27(33)30-15-5-6-16-31-24(17-30)26(25(31)18-32)22-13-10-20(11-14-22)9-12-21-7-3-4-8-23(21)28/h3-4,7-8,10-11,13-14,19,24-26,32H,5-6,15-18H2,1-2H3,(H,29,33)/t24-,25-,26-/m1/s1. The largest absolute Gasteiger partial charge is 0.395 e. The molecule has 0 bridgehead atoms. The quantitative estimate of drug-likeness (QED) is 0.705. The number of aliphatic hydroxyl groups excluding tert-OH is 1. The van der Waals surface area contributed by atoms with E-state index in [9.17, 15) is 14.3 Å². The second kappa shape index (κ2) is 10.4. The maximum atomic E-state index is 13.8. The zero-order valence-corrected chi connectivity index (χ0v) is 19.3. The van der Waals surface area contributed by atoms with Gasteiger partial charge in [0.2, 0.25) is 0 Å². The molecule has 0 aliphatic carbocycles. The number of carbonyl (C=O) groups excluding carboxylic acids is 1. The predicted octanol–water partition coefficient (Wildman–Crippen LogP) is 3.57. The fourth-order valence-electron chi connectivity index (χ4n) is 4.95. The Kier molecular flexibility index (Phi) is 7.32. The summed E-state index contributed by atoms with van der Waals surface area (Å²) in [6, 6.07) is 14.8. The second-order valence-corrected chi connectivity index (χ2v) is 9.19. The van der Waals surface area contributed by atoms with Crippen molar-refractivity contribution in [1.29, 1.82) is 0 Å². The summed E-state index contributed by atoms with van der Waals surface area (Å²) >= 11 is 0. The van der Waals surface area contributed by atoms with Crippen LogP contribution in [0.25, 0.3) is 0 Å². The lowest BCUT2D eigenvalue weighted by Gasteiger charge is -2.57. The first-order valence-electron chi connectivity index (χ1n) is 11.8. The lowest BCUT2D eigenvalue weighted by atomic mass is 9.74. The number of nitrogens with zero attached hydrogens (tertiary/aromatic N) is 2. The molecule has 3 atom stereocenters. The number of aliphatic hydroxyl groups is 1. The molecule has 174 valence electrons. The summed E-state index contributed by atoms with van der Waals surface area (Å²) in [5.41, 5.74) is 2.33. The Hall–Kier alpha value is -2.88. The molecule has 2 heterocycles. The molecule has 2 aliphatic heterocycles. The molecule has 2 saturated heterocycles. The molecule has 0 radical (unpaired) electrons. The van der Waals surface area contributed by atoms with Crippen LogP contribution in [0.3, 0.4) is 0 Å². The van der Waals surface area contributed by atoms with Crippen molar-refractivity contribution >= 4 is 6.03 Å². The van der Waals surface area contributed by atoms with E-state index in [0.29, 0.717) is 12.1 Å². The smallest absolute Gasteiger partial charge is 0.317 e. The van der Waals surface area contributed by atoms with E-state index in [0.717, 1.165) is 37.1 Å². The zero-order chi connectivity index (χ0) is 23.4. The molecule has 33 heavy (non-hydrogen) atoms. The van der Waals surface area contributed by atoms with E-state index >= 15 is 0 Å². The number of rotatable bonds is 3. The van der Waals surface area contributed by atoms with Crippen LogP contribution in [-0.2, 0) is 0 Å². The minimum Gasteiger partial charge on any atom is -0.395 e. The second-order valence-electron chi connectivity index (χ2n) is 9.19. The Morgan fingerprint density at radius 3 is 2.55 bits per heavy atom. The first kappa shape index (κ1) is 23.3. The molecular weight excluding hydrogens is 417 g/mol. The van der Waals surface area contributed by atoms with Gasteiger partial charge in [0.1, 0.15) is 5.82 Å². The number of hydrogen-bond acceptors (Lipinski definition) is 3. The van der Waals surface area contributed by atoms with Gasteiger partial charge in [-0.3, -0.25) is 4.90 Å². The molecule has 2 aliphatic rings. The molecule has 5 nitrogen and oxygen atoms in total. The normalized spacial score (nSPS) is 22.9. The van der Waals surface area contributed by atoms with Crippen LogP contribution in [0.5, 0.6) is 0 Å². The van der Waals surface area contributed by atoms with E-state index in [1.807, 2.05) is 43.0 Å². The number of benzene rings is 2. The average molecular weight is 450 g/mol. The van der Waals surface area contributed by atoms with Crippen LogP contribution in [0.2, 0.25) is 0 Å². The zero-order valence-electron chi connectivity index (χ0n) is 19.3. The van der Waals surface area contributed by atoms with Crippen molar-refractivity contribution < 1.29 is 14.3 Å². The number of halogens is 1. The topological polar surface area (TPSA) is 55.8 Å². The molecule has 2 amide bonds. The fraction of sp³-hybridized carbons (Fsp3) is 0.444. The van der Waals surface area contributed by atoms with Gasteiger partial charge in [-0.1, -0.05) is 36.1 Å². The van der Waals surface area contributed by atoms with Crippen molar-refractivity contribution in [2.45, 2.75) is 50.7 Å². The lowest BCUT2D eigenvalue weighted by Crippen LogP contribution is -2.68. The minimum atomic E-state index is -0.322. The summed E-state index contributed by atoms with van der Waals surface area (Å²) in [6.07, 6.45) is 1.97. The molecular formula is C27H32FN3O2. The maximum Gasteiger partial charge on any atom is 0.317 e. The van der Waals surface area contributed by atoms with Crippen molar-refractivity contribution in [1.82, 2.24) is 15.1 Å². The molecule has 2 aromatic rings. The number of carbonyl (C=O) groups is 1. The van der Waals surface area contributed by atoms with Gasteiger partial charge in [0.25, 0.3) is 0 Å². The summed E-state index contributed by atoms with van der Waals surface area (Å²) in [7, 11) is 0. The molecule has 0 aromatic heterocycles. The van der Waals surface area contributed by atoms with Gasteiger partial charge in [-0.2, -0.15) is 0 Å². The third kappa shape index (κ3) is 5.21. The van der Waals surface area contributed by atoms with Crippen LogP contribution in [0, 0.1) is 17.7 Å². The van der Waals surface area contributed by atoms with Gasteiger partial charge in [-0.15, -0.1) is 0 Å². The molecule has 0 saturated carbocycles. The first-order chi connectivity index (χ1) is 16.0. The Morgan fingerprint density at radius 1 is 1.12 bits per heavy atom. The highest BCUT2D eigenvalue weighted by molar-refractivity contribution is 5.74. The number of fused-ring (bicyclic) bond motifs is 1. The van der Waals surface area contributed by atoms with Gasteiger partial charge in [0.15, 0.2) is 0 Å². The van der Waals surface area contributed by atoms with Gasteiger partial charge >= 0.3 is 6.03 Å². The van der Waals surface area contributed by atoms with Crippen molar-refractivity contribution in [3.8, 4) is 11.8 Å². The minimum absolute atomic E-state index is 0.0168. The van der Waals surface area contributed by atoms with Gasteiger partial charge in [0.05, 0.1) is 12.2 Å². The molecule has 0 unspecified atom stereocenters. The fourth-order valence-corrected chi connectivity index (χ4v) is 4.95. The summed E-state index contributed by atoms with van der Waals surface area (Å²) in [6.45, 7) is 6.38. The van der Waals surface area contributed by atoms with Gasteiger partial charge in [0, 0.05) is 42.7 Å². The van der Waals surface area contributed by atoms with E-state index in [2.05, 4.69) is 22.1 Å². The van der Waals surface area contributed by atoms with Crippen molar-refractivity contribution in [2.24, 2.45) is 0 Å². The van der Waals surface area contributed by atoms with E-state index in [-0.39, 0.29) is 42.5 Å². The first-order valence-corrected chi connectivity index (χ1v) is 11.8. The summed E-state index contributed by atoms with van der Waals surface area (Å²) in [5.74, 6) is 5.76. The lowest BCUT2D eigenvalue weighted by molar-refractivity contribution is -0.0591. The Balaban J connectivity index is 1.52. The number of nitrogens with one attached hydrogen (secondary N) is 1. The highest BCUT2D eigenvalue weighted by Gasteiger charge is 2.49. The van der Waals surface area contributed by atoms with Gasteiger partial charge in [-0.25, -0.2) is 9.18 Å². The number of hydrogen-bond donors (Lipinski definition) is 2. The highest BCUT2D eigenvalue weighted by atomic mass is 19.1. The SMILES string of the molecule is CC(C)NC(=O)N1CCCCN2[C@H](CO)[C@H](c3ccc(C#Cc4ccccc4F)cc3)[C@H]2C1. The van der Waals surface area contributed by atoms with E-state index in [1.54, 1.807) is 18.2 Å².